The Hall–Kier alpha value is -1.26. The van der Waals surface area contributed by atoms with Gasteiger partial charge in [0.2, 0.25) is 5.91 Å². The fourth-order valence-corrected chi connectivity index (χ4v) is 2.42. The van der Waals surface area contributed by atoms with Crippen molar-refractivity contribution in [1.29, 1.82) is 0 Å². The predicted molar refractivity (Wildman–Crippen MR) is 83.9 cm³/mol. The molecule has 5 heteroatoms. The van der Waals surface area contributed by atoms with Crippen molar-refractivity contribution in [3.05, 3.63) is 0 Å². The van der Waals surface area contributed by atoms with Gasteiger partial charge in [-0.1, -0.05) is 26.7 Å². The van der Waals surface area contributed by atoms with Gasteiger partial charge in [0.05, 0.1) is 0 Å². The third kappa shape index (κ3) is 5.02. The van der Waals surface area contributed by atoms with Crippen LogP contribution in [-0.2, 0) is 4.79 Å². The molecule has 1 aliphatic heterocycles. The average molecular weight is 282 g/mol. The van der Waals surface area contributed by atoms with Crippen molar-refractivity contribution in [3.8, 4) is 0 Å². The molecule has 1 saturated heterocycles. The third-order valence-electron chi connectivity index (χ3n) is 4.01. The summed E-state index contributed by atoms with van der Waals surface area (Å²) >= 11 is 0. The van der Waals surface area contributed by atoms with Gasteiger partial charge in [-0.3, -0.25) is 9.79 Å². The van der Waals surface area contributed by atoms with Crippen LogP contribution in [0.1, 0.15) is 40.5 Å². The summed E-state index contributed by atoms with van der Waals surface area (Å²) < 4.78 is 0. The molecule has 0 saturated carbocycles. The number of aliphatic imine (C=N–C) groups is 1. The van der Waals surface area contributed by atoms with Crippen LogP contribution in [0.15, 0.2) is 4.99 Å². The normalized spacial score (nSPS) is 16.8. The summed E-state index contributed by atoms with van der Waals surface area (Å²) in [6.07, 6.45) is 2.36. The van der Waals surface area contributed by atoms with Crippen LogP contribution in [0.2, 0.25) is 0 Å². The molecule has 0 spiro atoms. The highest BCUT2D eigenvalue weighted by atomic mass is 16.2. The SMILES string of the molecule is CCNC(=NCC(CC)CC)N1CCN(C(C)=O)CC1. The van der Waals surface area contributed by atoms with E-state index in [-0.39, 0.29) is 5.91 Å². The van der Waals surface area contributed by atoms with Crippen molar-refractivity contribution >= 4 is 11.9 Å². The minimum Gasteiger partial charge on any atom is -0.357 e. The minimum absolute atomic E-state index is 0.170. The van der Waals surface area contributed by atoms with Crippen LogP contribution >= 0.6 is 0 Å². The Bertz CT molecular complexity index is 318. The zero-order valence-electron chi connectivity index (χ0n) is 13.5. The smallest absolute Gasteiger partial charge is 0.219 e. The van der Waals surface area contributed by atoms with E-state index >= 15 is 0 Å². The second-order valence-corrected chi connectivity index (χ2v) is 5.37. The van der Waals surface area contributed by atoms with Crippen molar-refractivity contribution in [1.82, 2.24) is 15.1 Å². The first kappa shape index (κ1) is 16.8. The molecule has 1 amide bonds. The van der Waals surface area contributed by atoms with Gasteiger partial charge in [-0.15, -0.1) is 0 Å². The zero-order chi connectivity index (χ0) is 15.0. The molecule has 0 aliphatic carbocycles. The predicted octanol–water partition coefficient (Wildman–Crippen LogP) is 1.55. The Morgan fingerprint density at radius 1 is 1.10 bits per heavy atom. The summed E-state index contributed by atoms with van der Waals surface area (Å²) in [4.78, 5) is 20.3. The summed E-state index contributed by atoms with van der Waals surface area (Å²) in [5.74, 6) is 1.84. The van der Waals surface area contributed by atoms with Gasteiger partial charge < -0.3 is 15.1 Å². The number of hydrogen-bond donors (Lipinski definition) is 1. The molecule has 1 N–H and O–H groups in total. The Labute approximate surface area is 123 Å². The van der Waals surface area contributed by atoms with E-state index in [1.807, 2.05) is 4.90 Å². The maximum absolute atomic E-state index is 11.4. The monoisotopic (exact) mass is 282 g/mol. The highest BCUT2D eigenvalue weighted by molar-refractivity contribution is 5.80. The number of carbonyl (C=O) groups excluding carboxylic acids is 1. The zero-order valence-corrected chi connectivity index (χ0v) is 13.5. The number of rotatable bonds is 5. The van der Waals surface area contributed by atoms with Gasteiger partial charge in [-0.25, -0.2) is 0 Å². The van der Waals surface area contributed by atoms with E-state index < -0.39 is 0 Å². The molecular formula is C15H30N4O. The van der Waals surface area contributed by atoms with Gasteiger partial charge in [0.15, 0.2) is 5.96 Å². The molecule has 116 valence electrons. The molecule has 1 aliphatic rings. The second-order valence-electron chi connectivity index (χ2n) is 5.37. The van der Waals surface area contributed by atoms with Crippen molar-refractivity contribution < 1.29 is 4.79 Å². The van der Waals surface area contributed by atoms with Crippen LogP contribution < -0.4 is 5.32 Å². The summed E-state index contributed by atoms with van der Waals surface area (Å²) in [6, 6.07) is 0. The second kappa shape index (κ2) is 8.82. The number of carbonyl (C=O) groups is 1. The van der Waals surface area contributed by atoms with Crippen LogP contribution in [0.5, 0.6) is 0 Å². The molecule has 0 bridgehead atoms. The molecule has 0 aromatic rings. The minimum atomic E-state index is 0.170. The molecule has 1 fully saturated rings. The van der Waals surface area contributed by atoms with Gasteiger partial charge in [-0.05, 0) is 12.8 Å². The first-order chi connectivity index (χ1) is 9.62. The average Bonchev–Trinajstić information content (AvgIpc) is 2.47. The first-order valence-corrected chi connectivity index (χ1v) is 7.91. The lowest BCUT2D eigenvalue weighted by Gasteiger charge is -2.36. The van der Waals surface area contributed by atoms with E-state index in [0.29, 0.717) is 5.92 Å². The van der Waals surface area contributed by atoms with Crippen LogP contribution in [0, 0.1) is 5.92 Å². The summed E-state index contributed by atoms with van der Waals surface area (Å²) in [5, 5.41) is 3.37. The maximum atomic E-state index is 11.4. The highest BCUT2D eigenvalue weighted by Crippen LogP contribution is 2.09. The molecule has 20 heavy (non-hydrogen) atoms. The van der Waals surface area contributed by atoms with Crippen molar-refractivity contribution in [2.24, 2.45) is 10.9 Å². The summed E-state index contributed by atoms with van der Waals surface area (Å²) in [7, 11) is 0. The lowest BCUT2D eigenvalue weighted by molar-refractivity contribution is -0.130. The molecule has 1 rings (SSSR count). The Morgan fingerprint density at radius 2 is 1.65 bits per heavy atom. The number of piperazine rings is 1. The molecule has 0 radical (unpaired) electrons. The lowest BCUT2D eigenvalue weighted by Crippen LogP contribution is -2.53. The molecule has 5 nitrogen and oxygen atoms in total. The van der Waals surface area contributed by atoms with Crippen molar-refractivity contribution in [2.75, 3.05) is 39.3 Å². The lowest BCUT2D eigenvalue weighted by atomic mass is 10.0. The fraction of sp³-hybridized carbons (Fsp3) is 0.867. The molecule has 0 aromatic carbocycles. The van der Waals surface area contributed by atoms with Gasteiger partial charge in [0.25, 0.3) is 0 Å². The van der Waals surface area contributed by atoms with Crippen LogP contribution in [-0.4, -0.2) is 60.9 Å². The number of hydrogen-bond acceptors (Lipinski definition) is 2. The third-order valence-corrected chi connectivity index (χ3v) is 4.01. The van der Waals surface area contributed by atoms with Crippen LogP contribution in [0.4, 0.5) is 0 Å². The van der Waals surface area contributed by atoms with E-state index in [9.17, 15) is 4.79 Å². The first-order valence-electron chi connectivity index (χ1n) is 7.91. The van der Waals surface area contributed by atoms with Crippen molar-refractivity contribution in [3.63, 3.8) is 0 Å². The van der Waals surface area contributed by atoms with E-state index in [1.165, 1.54) is 12.8 Å². The van der Waals surface area contributed by atoms with Crippen LogP contribution in [0.25, 0.3) is 0 Å². The summed E-state index contributed by atoms with van der Waals surface area (Å²) in [5.41, 5.74) is 0. The quantitative estimate of drug-likeness (QED) is 0.615. The van der Waals surface area contributed by atoms with Gasteiger partial charge in [0.1, 0.15) is 0 Å². The fourth-order valence-electron chi connectivity index (χ4n) is 2.42. The Kier molecular flexibility index (Phi) is 7.41. The van der Waals surface area contributed by atoms with E-state index in [1.54, 1.807) is 6.92 Å². The maximum Gasteiger partial charge on any atom is 0.219 e. The Morgan fingerprint density at radius 3 is 2.10 bits per heavy atom. The number of nitrogens with zero attached hydrogens (tertiary/aromatic N) is 3. The summed E-state index contributed by atoms with van der Waals surface area (Å²) in [6.45, 7) is 13.3. The molecule has 0 atom stereocenters. The highest BCUT2D eigenvalue weighted by Gasteiger charge is 2.20. The van der Waals surface area contributed by atoms with Crippen LogP contribution in [0.3, 0.4) is 0 Å². The standard InChI is InChI=1S/C15H30N4O/c1-5-14(6-2)12-17-15(16-7-3)19-10-8-18(9-11-19)13(4)20/h14H,5-12H2,1-4H3,(H,16,17). The van der Waals surface area contributed by atoms with E-state index in [2.05, 4.69) is 31.0 Å². The van der Waals surface area contributed by atoms with E-state index in [0.717, 1.165) is 45.2 Å². The molecular weight excluding hydrogens is 252 g/mol. The van der Waals surface area contributed by atoms with Gasteiger partial charge in [-0.2, -0.15) is 0 Å². The molecule has 0 unspecified atom stereocenters. The molecule has 1 heterocycles. The number of nitrogens with one attached hydrogen (secondary N) is 1. The largest absolute Gasteiger partial charge is 0.357 e. The molecule has 0 aromatic heterocycles. The van der Waals surface area contributed by atoms with E-state index in [4.69, 9.17) is 4.99 Å². The van der Waals surface area contributed by atoms with Gasteiger partial charge >= 0.3 is 0 Å². The van der Waals surface area contributed by atoms with Crippen molar-refractivity contribution in [2.45, 2.75) is 40.5 Å². The number of amides is 1. The topological polar surface area (TPSA) is 47.9 Å². The van der Waals surface area contributed by atoms with Gasteiger partial charge in [0, 0.05) is 46.2 Å². The Balaban J connectivity index is 2.58. The number of guanidine groups is 1.